The number of rotatable bonds is 4. The second-order valence-corrected chi connectivity index (χ2v) is 5.42. The van der Waals surface area contributed by atoms with Gasteiger partial charge in [0.1, 0.15) is 11.4 Å². The van der Waals surface area contributed by atoms with Gasteiger partial charge in [-0.2, -0.15) is 0 Å². The molecule has 0 saturated carbocycles. The van der Waals surface area contributed by atoms with Crippen molar-refractivity contribution in [3.05, 3.63) is 59.8 Å². The van der Waals surface area contributed by atoms with Gasteiger partial charge in [0.15, 0.2) is 0 Å². The second-order valence-electron chi connectivity index (χ2n) is 5.42. The van der Waals surface area contributed by atoms with Crippen molar-refractivity contribution in [2.75, 3.05) is 12.4 Å². The number of hydrogen-bond acceptors (Lipinski definition) is 2. The van der Waals surface area contributed by atoms with Crippen LogP contribution in [0.4, 0.5) is 5.69 Å². The van der Waals surface area contributed by atoms with Gasteiger partial charge in [-0.15, -0.1) is 0 Å². The molecule has 0 atom stereocenters. The Balaban J connectivity index is 2.02. The van der Waals surface area contributed by atoms with Crippen LogP contribution in [0.1, 0.15) is 23.0 Å². The highest BCUT2D eigenvalue weighted by Crippen LogP contribution is 2.26. The topological polar surface area (TPSA) is 43.3 Å². The molecule has 1 heterocycles. The molecule has 0 spiro atoms. The Kier molecular flexibility index (Phi) is 4.06. The monoisotopic (exact) mass is 308 g/mol. The molecule has 0 aliphatic carbocycles. The SMILES string of the molecule is CCn1c(C(=O)Nc2cccc(OC)c2)c(C)c2ccccc21. The molecule has 0 fully saturated rings. The van der Waals surface area contributed by atoms with Gasteiger partial charge in [0.25, 0.3) is 5.91 Å². The number of benzene rings is 2. The first-order valence-electron chi connectivity index (χ1n) is 7.69. The van der Waals surface area contributed by atoms with E-state index < -0.39 is 0 Å². The van der Waals surface area contributed by atoms with E-state index in [-0.39, 0.29) is 5.91 Å². The molecule has 3 aromatic rings. The molecule has 23 heavy (non-hydrogen) atoms. The number of nitrogens with zero attached hydrogens (tertiary/aromatic N) is 1. The summed E-state index contributed by atoms with van der Waals surface area (Å²) >= 11 is 0. The minimum atomic E-state index is -0.103. The van der Waals surface area contributed by atoms with Crippen molar-refractivity contribution in [1.29, 1.82) is 0 Å². The largest absolute Gasteiger partial charge is 0.497 e. The lowest BCUT2D eigenvalue weighted by molar-refractivity contribution is 0.101. The minimum absolute atomic E-state index is 0.103. The molecule has 0 aliphatic heterocycles. The van der Waals surface area contributed by atoms with Crippen LogP contribution < -0.4 is 10.1 Å². The van der Waals surface area contributed by atoms with E-state index in [1.165, 1.54) is 0 Å². The average molecular weight is 308 g/mol. The molecular formula is C19H20N2O2. The maximum Gasteiger partial charge on any atom is 0.272 e. The summed E-state index contributed by atoms with van der Waals surface area (Å²) in [6.45, 7) is 4.79. The summed E-state index contributed by atoms with van der Waals surface area (Å²) in [4.78, 5) is 12.8. The predicted molar refractivity (Wildman–Crippen MR) is 93.3 cm³/mol. The number of ether oxygens (including phenoxy) is 1. The van der Waals surface area contributed by atoms with Gasteiger partial charge in [-0.25, -0.2) is 0 Å². The van der Waals surface area contributed by atoms with E-state index in [9.17, 15) is 4.79 Å². The van der Waals surface area contributed by atoms with Gasteiger partial charge in [0, 0.05) is 29.2 Å². The van der Waals surface area contributed by atoms with Gasteiger partial charge < -0.3 is 14.6 Å². The molecule has 0 radical (unpaired) electrons. The Bertz CT molecular complexity index is 865. The first kappa shape index (κ1) is 15.2. The fourth-order valence-corrected chi connectivity index (χ4v) is 2.99. The highest BCUT2D eigenvalue weighted by Gasteiger charge is 2.19. The van der Waals surface area contributed by atoms with Crippen LogP contribution >= 0.6 is 0 Å². The van der Waals surface area contributed by atoms with Crippen molar-refractivity contribution in [2.24, 2.45) is 0 Å². The van der Waals surface area contributed by atoms with Crippen molar-refractivity contribution >= 4 is 22.5 Å². The lowest BCUT2D eigenvalue weighted by Crippen LogP contribution is -2.17. The third-order valence-electron chi connectivity index (χ3n) is 4.08. The lowest BCUT2D eigenvalue weighted by Gasteiger charge is -2.10. The van der Waals surface area contributed by atoms with Crippen LogP contribution in [0.3, 0.4) is 0 Å². The lowest BCUT2D eigenvalue weighted by atomic mass is 10.1. The Morgan fingerprint density at radius 1 is 1.17 bits per heavy atom. The zero-order chi connectivity index (χ0) is 16.4. The number of carbonyl (C=O) groups excluding carboxylic acids is 1. The first-order chi connectivity index (χ1) is 11.2. The highest BCUT2D eigenvalue weighted by molar-refractivity contribution is 6.08. The van der Waals surface area contributed by atoms with E-state index in [1.807, 2.05) is 56.3 Å². The van der Waals surface area contributed by atoms with E-state index in [1.54, 1.807) is 7.11 Å². The van der Waals surface area contributed by atoms with Gasteiger partial charge in [-0.05, 0) is 37.6 Å². The average Bonchev–Trinajstić information content (AvgIpc) is 2.87. The maximum absolute atomic E-state index is 12.8. The van der Waals surface area contributed by atoms with Gasteiger partial charge in [-0.1, -0.05) is 24.3 Å². The van der Waals surface area contributed by atoms with Crippen molar-refractivity contribution in [3.8, 4) is 5.75 Å². The summed E-state index contributed by atoms with van der Waals surface area (Å²) in [6, 6.07) is 15.5. The van der Waals surface area contributed by atoms with Gasteiger partial charge >= 0.3 is 0 Å². The van der Waals surface area contributed by atoms with Crippen LogP contribution in [0.25, 0.3) is 10.9 Å². The number of fused-ring (bicyclic) bond motifs is 1. The van der Waals surface area contributed by atoms with E-state index >= 15 is 0 Å². The van der Waals surface area contributed by atoms with Crippen molar-refractivity contribution < 1.29 is 9.53 Å². The molecule has 1 N–H and O–H groups in total. The molecule has 1 aromatic heterocycles. The molecular weight excluding hydrogens is 288 g/mol. The molecule has 118 valence electrons. The van der Waals surface area contributed by atoms with E-state index in [4.69, 9.17) is 4.74 Å². The molecule has 0 saturated heterocycles. The molecule has 0 unspecified atom stereocenters. The Labute approximate surface area is 135 Å². The third kappa shape index (κ3) is 2.68. The molecule has 3 rings (SSSR count). The van der Waals surface area contributed by atoms with Gasteiger partial charge in [0.2, 0.25) is 0 Å². The molecule has 4 nitrogen and oxygen atoms in total. The fourth-order valence-electron chi connectivity index (χ4n) is 2.99. The van der Waals surface area contributed by atoms with Crippen molar-refractivity contribution in [3.63, 3.8) is 0 Å². The van der Waals surface area contributed by atoms with E-state index in [2.05, 4.69) is 16.0 Å². The van der Waals surface area contributed by atoms with Crippen LogP contribution in [-0.4, -0.2) is 17.6 Å². The number of hydrogen-bond donors (Lipinski definition) is 1. The number of aryl methyl sites for hydroxylation is 2. The van der Waals surface area contributed by atoms with Crippen LogP contribution in [0.15, 0.2) is 48.5 Å². The molecule has 0 aliphatic rings. The standard InChI is InChI=1S/C19H20N2O2/c1-4-21-17-11-6-5-10-16(17)13(2)18(21)19(22)20-14-8-7-9-15(12-14)23-3/h5-12H,4H2,1-3H3,(H,20,22). The third-order valence-corrected chi connectivity index (χ3v) is 4.08. The predicted octanol–water partition coefficient (Wildman–Crippen LogP) is 4.23. The van der Waals surface area contributed by atoms with E-state index in [0.717, 1.165) is 34.4 Å². The van der Waals surface area contributed by atoms with Crippen molar-refractivity contribution in [2.45, 2.75) is 20.4 Å². The zero-order valence-electron chi connectivity index (χ0n) is 13.6. The quantitative estimate of drug-likeness (QED) is 0.784. The van der Waals surface area contributed by atoms with E-state index in [0.29, 0.717) is 5.69 Å². The Morgan fingerprint density at radius 2 is 1.96 bits per heavy atom. The number of methoxy groups -OCH3 is 1. The number of anilines is 1. The number of amides is 1. The normalized spacial score (nSPS) is 10.7. The van der Waals surface area contributed by atoms with Crippen LogP contribution in [0.5, 0.6) is 5.75 Å². The zero-order valence-corrected chi connectivity index (χ0v) is 13.6. The highest BCUT2D eigenvalue weighted by atomic mass is 16.5. The molecule has 2 aromatic carbocycles. The summed E-state index contributed by atoms with van der Waals surface area (Å²) < 4.78 is 7.26. The summed E-state index contributed by atoms with van der Waals surface area (Å²) in [5.41, 5.74) is 3.52. The Hall–Kier alpha value is -2.75. The molecule has 4 heteroatoms. The summed E-state index contributed by atoms with van der Waals surface area (Å²) in [5, 5.41) is 4.09. The van der Waals surface area contributed by atoms with Gasteiger partial charge in [0.05, 0.1) is 7.11 Å². The molecule has 1 amide bonds. The Morgan fingerprint density at radius 3 is 2.70 bits per heavy atom. The van der Waals surface area contributed by atoms with Crippen LogP contribution in [0.2, 0.25) is 0 Å². The summed E-state index contributed by atoms with van der Waals surface area (Å²) in [7, 11) is 1.61. The fraction of sp³-hybridized carbons (Fsp3) is 0.211. The summed E-state index contributed by atoms with van der Waals surface area (Å²) in [5.74, 6) is 0.615. The number of aromatic nitrogens is 1. The maximum atomic E-state index is 12.8. The number of nitrogens with one attached hydrogen (secondary N) is 1. The molecule has 0 bridgehead atoms. The minimum Gasteiger partial charge on any atom is -0.497 e. The number of para-hydroxylation sites is 1. The summed E-state index contributed by atoms with van der Waals surface area (Å²) in [6.07, 6.45) is 0. The van der Waals surface area contributed by atoms with Crippen molar-refractivity contribution in [1.82, 2.24) is 4.57 Å². The van der Waals surface area contributed by atoms with Crippen LogP contribution in [0, 0.1) is 6.92 Å². The second kappa shape index (κ2) is 6.16. The first-order valence-corrected chi connectivity index (χ1v) is 7.69. The number of carbonyl (C=O) groups is 1. The van der Waals surface area contributed by atoms with Crippen LogP contribution in [-0.2, 0) is 6.54 Å². The smallest absolute Gasteiger partial charge is 0.272 e. The van der Waals surface area contributed by atoms with Gasteiger partial charge in [-0.3, -0.25) is 4.79 Å².